The van der Waals surface area contributed by atoms with Crippen molar-refractivity contribution in [1.82, 2.24) is 14.7 Å². The Morgan fingerprint density at radius 3 is 2.37 bits per heavy atom. The summed E-state index contributed by atoms with van der Waals surface area (Å²) in [6, 6.07) is 17.8. The van der Waals surface area contributed by atoms with Crippen molar-refractivity contribution in [2.45, 2.75) is 79.6 Å². The maximum Gasteiger partial charge on any atom is 0.254 e. The van der Waals surface area contributed by atoms with Crippen molar-refractivity contribution in [3.63, 3.8) is 0 Å². The fourth-order valence-corrected chi connectivity index (χ4v) is 4.19. The van der Waals surface area contributed by atoms with Crippen LogP contribution in [0.25, 0.3) is 5.69 Å². The summed E-state index contributed by atoms with van der Waals surface area (Å²) in [4.78, 5) is 28.5. The van der Waals surface area contributed by atoms with E-state index in [9.17, 15) is 9.59 Å². The Labute approximate surface area is 228 Å². The van der Waals surface area contributed by atoms with Crippen molar-refractivity contribution >= 4 is 17.6 Å². The van der Waals surface area contributed by atoms with Gasteiger partial charge in [0.05, 0.1) is 11.4 Å². The van der Waals surface area contributed by atoms with E-state index >= 15 is 0 Å². The van der Waals surface area contributed by atoms with Gasteiger partial charge in [0.2, 0.25) is 5.91 Å². The molecule has 3 rings (SSSR count). The molecule has 1 heterocycles. The zero-order valence-corrected chi connectivity index (χ0v) is 24.2. The zero-order chi connectivity index (χ0) is 27.9. The number of aromatic nitrogens is 2. The van der Waals surface area contributed by atoms with Gasteiger partial charge >= 0.3 is 0 Å². The molecule has 2 aromatic carbocycles. The molecule has 6 heteroatoms. The van der Waals surface area contributed by atoms with Gasteiger partial charge in [-0.3, -0.25) is 9.59 Å². The molecule has 0 saturated heterocycles. The van der Waals surface area contributed by atoms with E-state index < -0.39 is 0 Å². The fourth-order valence-electron chi connectivity index (χ4n) is 4.19. The second-order valence-corrected chi connectivity index (χ2v) is 11.7. The number of amides is 2. The van der Waals surface area contributed by atoms with Gasteiger partial charge in [0, 0.05) is 23.6 Å². The third-order valence-electron chi connectivity index (χ3n) is 6.61. The van der Waals surface area contributed by atoms with Crippen LogP contribution in [0, 0.1) is 12.8 Å². The molecule has 0 atom stereocenters. The SMILES string of the molecule is CCCCc1ccc(C(=O)N(CCC(C)C)CC(=O)Nc2cc(C(C)(C)C)nn2-c2cccc(C)c2)cc1. The highest BCUT2D eigenvalue weighted by atomic mass is 16.2. The number of unbranched alkanes of at least 4 members (excludes halogenated alkanes) is 1. The van der Waals surface area contributed by atoms with Gasteiger partial charge in [-0.1, -0.05) is 72.2 Å². The molecule has 0 bridgehead atoms. The van der Waals surface area contributed by atoms with E-state index in [1.165, 1.54) is 5.56 Å². The number of anilines is 1. The molecule has 6 nitrogen and oxygen atoms in total. The van der Waals surface area contributed by atoms with Crippen LogP contribution in [0.5, 0.6) is 0 Å². The quantitative estimate of drug-likeness (QED) is 0.300. The molecule has 0 aliphatic rings. The Kier molecular flexibility index (Phi) is 9.90. The average Bonchev–Trinajstić information content (AvgIpc) is 3.29. The number of carbonyl (C=O) groups excluding carboxylic acids is 2. The summed E-state index contributed by atoms with van der Waals surface area (Å²) >= 11 is 0. The summed E-state index contributed by atoms with van der Waals surface area (Å²) in [6.07, 6.45) is 4.10. The van der Waals surface area contributed by atoms with Crippen LogP contribution in [0.3, 0.4) is 0 Å². The predicted molar refractivity (Wildman–Crippen MR) is 156 cm³/mol. The molecular formula is C32H44N4O2. The molecular weight excluding hydrogens is 472 g/mol. The Morgan fingerprint density at radius 1 is 1.05 bits per heavy atom. The lowest BCUT2D eigenvalue weighted by molar-refractivity contribution is -0.117. The molecule has 204 valence electrons. The number of nitrogens with one attached hydrogen (secondary N) is 1. The zero-order valence-electron chi connectivity index (χ0n) is 24.2. The first-order valence-electron chi connectivity index (χ1n) is 13.8. The molecule has 0 saturated carbocycles. The summed E-state index contributed by atoms with van der Waals surface area (Å²) < 4.78 is 1.78. The monoisotopic (exact) mass is 516 g/mol. The largest absolute Gasteiger partial charge is 0.329 e. The lowest BCUT2D eigenvalue weighted by atomic mass is 9.92. The second kappa shape index (κ2) is 12.9. The number of hydrogen-bond acceptors (Lipinski definition) is 3. The first-order valence-corrected chi connectivity index (χ1v) is 13.8. The average molecular weight is 517 g/mol. The van der Waals surface area contributed by atoms with Gasteiger partial charge in [-0.15, -0.1) is 0 Å². The highest BCUT2D eigenvalue weighted by molar-refractivity contribution is 5.99. The maximum atomic E-state index is 13.5. The molecule has 0 fully saturated rings. The van der Waals surface area contributed by atoms with Gasteiger partial charge in [-0.05, 0) is 67.5 Å². The molecule has 38 heavy (non-hydrogen) atoms. The van der Waals surface area contributed by atoms with Crippen molar-refractivity contribution in [3.05, 3.63) is 77.0 Å². The van der Waals surface area contributed by atoms with Gasteiger partial charge in [0.15, 0.2) is 0 Å². The Balaban J connectivity index is 1.83. The Bertz CT molecular complexity index is 1220. The normalized spacial score (nSPS) is 11.6. The molecule has 3 aromatic rings. The molecule has 0 aliphatic heterocycles. The predicted octanol–water partition coefficient (Wildman–Crippen LogP) is 6.95. The molecule has 1 aromatic heterocycles. The van der Waals surface area contributed by atoms with E-state index in [0.717, 1.165) is 42.6 Å². The first-order chi connectivity index (χ1) is 18.0. The number of aryl methyl sites for hydroxylation is 2. The van der Waals surface area contributed by atoms with E-state index in [1.807, 2.05) is 61.5 Å². The van der Waals surface area contributed by atoms with Crippen molar-refractivity contribution < 1.29 is 9.59 Å². The minimum Gasteiger partial charge on any atom is -0.329 e. The summed E-state index contributed by atoms with van der Waals surface area (Å²) in [6.45, 7) is 15.3. The lowest BCUT2D eigenvalue weighted by Gasteiger charge is -2.23. The smallest absolute Gasteiger partial charge is 0.254 e. The van der Waals surface area contributed by atoms with E-state index in [0.29, 0.717) is 23.8 Å². The van der Waals surface area contributed by atoms with Crippen molar-refractivity contribution in [1.29, 1.82) is 0 Å². The second-order valence-electron chi connectivity index (χ2n) is 11.7. The van der Waals surface area contributed by atoms with Crippen molar-refractivity contribution in [2.75, 3.05) is 18.4 Å². The number of rotatable bonds is 11. The van der Waals surface area contributed by atoms with Crippen LogP contribution in [-0.4, -0.2) is 39.6 Å². The highest BCUT2D eigenvalue weighted by Gasteiger charge is 2.24. The summed E-state index contributed by atoms with van der Waals surface area (Å²) in [5, 5.41) is 7.86. The Morgan fingerprint density at radius 2 is 1.76 bits per heavy atom. The number of hydrogen-bond donors (Lipinski definition) is 1. The van der Waals surface area contributed by atoms with Crippen molar-refractivity contribution in [2.24, 2.45) is 5.92 Å². The maximum absolute atomic E-state index is 13.5. The van der Waals surface area contributed by atoms with Crippen LogP contribution in [0.4, 0.5) is 5.82 Å². The molecule has 0 aliphatic carbocycles. The third kappa shape index (κ3) is 8.04. The van der Waals surface area contributed by atoms with E-state index in [-0.39, 0.29) is 23.8 Å². The molecule has 2 amide bonds. The topological polar surface area (TPSA) is 67.2 Å². The fraction of sp³-hybridized carbons (Fsp3) is 0.469. The van der Waals surface area contributed by atoms with Gasteiger partial charge < -0.3 is 10.2 Å². The van der Waals surface area contributed by atoms with Gasteiger partial charge in [-0.2, -0.15) is 5.10 Å². The minimum atomic E-state index is -0.240. The lowest BCUT2D eigenvalue weighted by Crippen LogP contribution is -2.39. The number of benzene rings is 2. The third-order valence-corrected chi connectivity index (χ3v) is 6.61. The molecule has 0 unspecified atom stereocenters. The molecule has 0 spiro atoms. The Hall–Kier alpha value is -3.41. The summed E-state index contributed by atoms with van der Waals surface area (Å²) in [5.41, 5.74) is 4.53. The van der Waals surface area contributed by atoms with Crippen LogP contribution in [0.2, 0.25) is 0 Å². The van der Waals surface area contributed by atoms with Gasteiger partial charge in [-0.25, -0.2) is 4.68 Å². The van der Waals surface area contributed by atoms with E-state index in [2.05, 4.69) is 46.9 Å². The number of nitrogens with zero attached hydrogens (tertiary/aromatic N) is 3. The molecule has 1 N–H and O–H groups in total. The summed E-state index contributed by atoms with van der Waals surface area (Å²) in [5.74, 6) is 0.658. The van der Waals surface area contributed by atoms with Gasteiger partial charge in [0.1, 0.15) is 12.4 Å². The van der Waals surface area contributed by atoms with Crippen LogP contribution >= 0.6 is 0 Å². The minimum absolute atomic E-state index is 0.0208. The van der Waals surface area contributed by atoms with E-state index in [1.54, 1.807) is 9.58 Å². The van der Waals surface area contributed by atoms with E-state index in [4.69, 9.17) is 5.10 Å². The van der Waals surface area contributed by atoms with Gasteiger partial charge in [0.25, 0.3) is 5.91 Å². The highest BCUT2D eigenvalue weighted by Crippen LogP contribution is 2.26. The standard InChI is InChI=1S/C32H44N4O2/c1-8-9-12-25-14-16-26(17-15-25)31(38)35(19-18-23(2)3)22-30(37)33-29-21-28(32(5,6)7)34-36(29)27-13-10-11-24(4)20-27/h10-11,13-17,20-21,23H,8-9,12,18-19,22H2,1-7H3,(H,33,37). The van der Waals surface area contributed by atoms with Crippen molar-refractivity contribution in [3.8, 4) is 5.69 Å². The summed E-state index contributed by atoms with van der Waals surface area (Å²) in [7, 11) is 0. The number of carbonyl (C=O) groups is 2. The van der Waals surface area contributed by atoms with Crippen LogP contribution in [0.15, 0.2) is 54.6 Å². The van der Waals surface area contributed by atoms with Crippen LogP contribution in [-0.2, 0) is 16.6 Å². The van der Waals surface area contributed by atoms with Crippen LogP contribution in [0.1, 0.15) is 88.0 Å². The molecule has 0 radical (unpaired) electrons. The first kappa shape index (κ1) is 29.2. The van der Waals surface area contributed by atoms with Crippen LogP contribution < -0.4 is 5.32 Å².